The molecule has 210 valence electrons. The summed E-state index contributed by atoms with van der Waals surface area (Å²) in [7, 11) is 0. The van der Waals surface area contributed by atoms with Crippen molar-refractivity contribution in [2.24, 2.45) is 0 Å². The maximum absolute atomic E-state index is 14.2. The topological polar surface area (TPSA) is 25.6 Å². The molecular formula is C32H28ClF3N4O. The smallest absolute Gasteiger partial charge is 0.489 e. The highest BCUT2D eigenvalue weighted by Crippen LogP contribution is 2.51. The Balaban J connectivity index is 1.77. The van der Waals surface area contributed by atoms with Crippen LogP contribution in [0.3, 0.4) is 0 Å². The Bertz CT molecular complexity index is 1590. The van der Waals surface area contributed by atoms with Gasteiger partial charge >= 0.3 is 12.0 Å². The van der Waals surface area contributed by atoms with Crippen LogP contribution in [0.15, 0.2) is 93.3 Å². The van der Waals surface area contributed by atoms with Crippen LogP contribution in [-0.4, -0.2) is 18.3 Å². The van der Waals surface area contributed by atoms with Gasteiger partial charge in [-0.25, -0.2) is 4.85 Å². The SMILES string of the molecule is [C-]#[N+]C([N+]#[C-])=C1OC(C)(C(F)(F)F)C(/C=C/C2=C(Cl)C(=C/C=C3\N(CC)c4ccccc4C3(C)C)/CCC2)=C1[N+]#[C-]. The molecule has 1 unspecified atom stereocenters. The van der Waals surface area contributed by atoms with Crippen molar-refractivity contribution in [3.8, 4) is 0 Å². The molecule has 4 rings (SSSR count). The van der Waals surface area contributed by atoms with Crippen LogP contribution in [0.1, 0.15) is 52.5 Å². The molecule has 9 heteroatoms. The van der Waals surface area contributed by atoms with Crippen molar-refractivity contribution in [3.05, 3.63) is 133 Å². The number of nitrogens with zero attached hydrogens (tertiary/aromatic N) is 4. The molecule has 3 aliphatic rings. The number of hydrogen-bond donors (Lipinski definition) is 0. The minimum Gasteiger partial charge on any atom is -0.489 e. The summed E-state index contributed by atoms with van der Waals surface area (Å²) in [6.07, 6.45) is 3.84. The van der Waals surface area contributed by atoms with E-state index >= 15 is 0 Å². The van der Waals surface area contributed by atoms with Crippen molar-refractivity contribution >= 4 is 17.3 Å². The molecule has 0 aromatic heterocycles. The number of hydrogen-bond acceptors (Lipinski definition) is 2. The van der Waals surface area contributed by atoms with Gasteiger partial charge in [-0.1, -0.05) is 61.9 Å². The molecule has 0 saturated carbocycles. The van der Waals surface area contributed by atoms with Gasteiger partial charge in [0, 0.05) is 33.9 Å². The first-order valence-corrected chi connectivity index (χ1v) is 13.5. The van der Waals surface area contributed by atoms with Crippen LogP contribution < -0.4 is 4.90 Å². The zero-order valence-electron chi connectivity index (χ0n) is 23.2. The first kappa shape index (κ1) is 29.8. The van der Waals surface area contributed by atoms with Gasteiger partial charge in [0.1, 0.15) is 13.1 Å². The predicted molar refractivity (Wildman–Crippen MR) is 154 cm³/mol. The molecule has 1 atom stereocenters. The predicted octanol–water partition coefficient (Wildman–Crippen LogP) is 9.38. The van der Waals surface area contributed by atoms with Crippen LogP contribution in [0.5, 0.6) is 0 Å². The normalized spacial score (nSPS) is 24.0. The lowest BCUT2D eigenvalue weighted by Gasteiger charge is -2.29. The van der Waals surface area contributed by atoms with Gasteiger partial charge < -0.3 is 9.64 Å². The molecule has 0 spiro atoms. The minimum absolute atomic E-state index is 0.217. The van der Waals surface area contributed by atoms with Gasteiger partial charge in [-0.3, -0.25) is 0 Å². The van der Waals surface area contributed by atoms with E-state index in [0.29, 0.717) is 23.4 Å². The number of anilines is 1. The fraction of sp³-hybridized carbons (Fsp3) is 0.344. The zero-order chi connectivity index (χ0) is 30.2. The van der Waals surface area contributed by atoms with Crippen LogP contribution in [-0.2, 0) is 10.2 Å². The third-order valence-electron chi connectivity index (χ3n) is 7.82. The number of ether oxygens (including phenoxy) is 1. The van der Waals surface area contributed by atoms with Gasteiger partial charge in [-0.05, 0) is 62.0 Å². The number of halogens is 4. The summed E-state index contributed by atoms with van der Waals surface area (Å²) in [5.41, 5.74) is 0.979. The summed E-state index contributed by atoms with van der Waals surface area (Å²) < 4.78 is 47.7. The highest BCUT2D eigenvalue weighted by atomic mass is 35.5. The Hall–Kier alpha value is -4.19. The van der Waals surface area contributed by atoms with Crippen molar-refractivity contribution in [2.75, 3.05) is 11.4 Å². The van der Waals surface area contributed by atoms with E-state index in [1.165, 1.54) is 23.4 Å². The van der Waals surface area contributed by atoms with Crippen molar-refractivity contribution in [1.29, 1.82) is 0 Å². The van der Waals surface area contributed by atoms with Crippen molar-refractivity contribution in [2.45, 2.75) is 64.1 Å². The third kappa shape index (κ3) is 4.96. The van der Waals surface area contributed by atoms with Crippen LogP contribution in [0.2, 0.25) is 0 Å². The number of benzene rings is 1. The molecule has 1 aliphatic carbocycles. The molecule has 2 heterocycles. The molecule has 0 amide bonds. The highest BCUT2D eigenvalue weighted by Gasteiger charge is 2.61. The van der Waals surface area contributed by atoms with Gasteiger partial charge in [0.2, 0.25) is 17.1 Å². The van der Waals surface area contributed by atoms with Crippen LogP contribution in [0.4, 0.5) is 18.9 Å². The van der Waals surface area contributed by atoms with E-state index in [1.54, 1.807) is 0 Å². The fourth-order valence-corrected chi connectivity index (χ4v) is 5.86. The average Bonchev–Trinajstić information content (AvgIpc) is 3.35. The largest absolute Gasteiger partial charge is 0.550 e. The number of alkyl halides is 3. The molecule has 2 aliphatic heterocycles. The lowest BCUT2D eigenvalue weighted by Crippen LogP contribution is -2.43. The van der Waals surface area contributed by atoms with Gasteiger partial charge in [-0.15, -0.1) is 0 Å². The Morgan fingerprint density at radius 1 is 1.07 bits per heavy atom. The second kappa shape index (κ2) is 11.0. The number of para-hydroxylation sites is 1. The molecule has 0 radical (unpaired) electrons. The summed E-state index contributed by atoms with van der Waals surface area (Å²) in [5, 5.41) is 0.456. The summed E-state index contributed by atoms with van der Waals surface area (Å²) in [6.45, 7) is 29.9. The lowest BCUT2D eigenvalue weighted by atomic mass is 9.83. The highest BCUT2D eigenvalue weighted by molar-refractivity contribution is 6.32. The molecule has 5 nitrogen and oxygen atoms in total. The Labute approximate surface area is 243 Å². The summed E-state index contributed by atoms with van der Waals surface area (Å²) in [6, 6.07) is 8.30. The maximum atomic E-state index is 14.2. The second-order valence-corrected chi connectivity index (χ2v) is 10.9. The Morgan fingerprint density at radius 3 is 2.37 bits per heavy atom. The standard InChI is InChI=1S/C32H28ClF3N4O/c1-8-40-24-15-10-9-14-22(24)30(2,3)25(40)19-17-21-13-11-12-20(26(21)33)16-18-23-27(37-5)28(29(38-6)39-7)41-31(23,4)32(34,35)36/h9-10,14-19H,8,11-13H2,1-4H3/b18-16+,21-17+,25-19-. The zero-order valence-corrected chi connectivity index (χ0v) is 23.9. The molecule has 1 aromatic rings. The molecular weight excluding hydrogens is 549 g/mol. The third-order valence-corrected chi connectivity index (χ3v) is 8.31. The van der Waals surface area contributed by atoms with Crippen molar-refractivity contribution in [1.82, 2.24) is 0 Å². The average molecular weight is 577 g/mol. The molecule has 0 N–H and O–H groups in total. The summed E-state index contributed by atoms with van der Waals surface area (Å²) >= 11 is 6.80. The van der Waals surface area contributed by atoms with Crippen LogP contribution in [0, 0.1) is 19.7 Å². The Kier molecular flexibility index (Phi) is 7.99. The number of fused-ring (bicyclic) bond motifs is 1. The monoisotopic (exact) mass is 576 g/mol. The van der Waals surface area contributed by atoms with E-state index in [0.717, 1.165) is 31.2 Å². The van der Waals surface area contributed by atoms with E-state index in [-0.39, 0.29) is 5.41 Å². The first-order chi connectivity index (χ1) is 19.3. The lowest BCUT2D eigenvalue weighted by molar-refractivity contribution is -0.236. The quantitative estimate of drug-likeness (QED) is 0.334. The minimum atomic E-state index is -4.90. The molecule has 41 heavy (non-hydrogen) atoms. The van der Waals surface area contributed by atoms with E-state index in [1.807, 2.05) is 18.2 Å². The molecule has 0 saturated heterocycles. The molecule has 0 fully saturated rings. The van der Waals surface area contributed by atoms with E-state index in [4.69, 9.17) is 36.1 Å². The van der Waals surface area contributed by atoms with Gasteiger partial charge in [0.05, 0.1) is 6.57 Å². The van der Waals surface area contributed by atoms with Gasteiger partial charge in [-0.2, -0.15) is 22.9 Å². The van der Waals surface area contributed by atoms with Gasteiger partial charge in [0.15, 0.2) is 0 Å². The van der Waals surface area contributed by atoms with Crippen molar-refractivity contribution in [3.63, 3.8) is 0 Å². The molecule has 0 bridgehead atoms. The Morgan fingerprint density at radius 2 is 1.76 bits per heavy atom. The number of rotatable bonds is 4. The summed E-state index contributed by atoms with van der Waals surface area (Å²) in [5.74, 6) is -1.37. The maximum Gasteiger partial charge on any atom is 0.550 e. The van der Waals surface area contributed by atoms with Crippen LogP contribution >= 0.6 is 11.6 Å². The number of likely N-dealkylation sites (N-methyl/N-ethyl adjacent to an activating group) is 1. The second-order valence-electron chi connectivity index (χ2n) is 10.5. The molecule has 1 aromatic carbocycles. The van der Waals surface area contributed by atoms with E-state index in [2.05, 4.69) is 58.4 Å². The van der Waals surface area contributed by atoms with Crippen molar-refractivity contribution < 1.29 is 17.9 Å². The number of allylic oxidation sites excluding steroid dienone is 7. The van der Waals surface area contributed by atoms with E-state index in [9.17, 15) is 13.2 Å². The van der Waals surface area contributed by atoms with E-state index < -0.39 is 34.6 Å². The van der Waals surface area contributed by atoms with Gasteiger partial charge in [0.25, 0.3) is 0 Å². The van der Waals surface area contributed by atoms with Crippen LogP contribution in [0.25, 0.3) is 14.5 Å². The summed E-state index contributed by atoms with van der Waals surface area (Å²) in [4.78, 5) is 11.4. The fourth-order valence-electron chi connectivity index (χ4n) is 5.55. The first-order valence-electron chi connectivity index (χ1n) is 13.1.